The van der Waals surface area contributed by atoms with Crippen molar-refractivity contribution in [3.63, 3.8) is 0 Å². The Morgan fingerprint density at radius 2 is 1.07 bits per heavy atom. The smallest absolute Gasteiger partial charge is 0.0311 e. The van der Waals surface area contributed by atoms with E-state index in [9.17, 15) is 4.21 Å². The highest BCUT2D eigenvalue weighted by Crippen LogP contribution is 2.22. The van der Waals surface area contributed by atoms with Gasteiger partial charge in [-0.3, -0.25) is 9.35 Å². The van der Waals surface area contributed by atoms with E-state index in [1.807, 2.05) is 36.4 Å². The van der Waals surface area contributed by atoms with Crippen molar-refractivity contribution in [1.82, 2.24) is 0 Å². The maximum absolute atomic E-state index is 12.4. The van der Waals surface area contributed by atoms with Crippen LogP contribution >= 0.6 is 0 Å². The summed E-state index contributed by atoms with van der Waals surface area (Å²) in [7, 11) is -2.90. The largest absolute Gasteiger partial charge is 0.267 e. The zero-order valence-corrected chi connectivity index (χ0v) is 9.10. The van der Waals surface area contributed by atoms with E-state index in [0.717, 1.165) is 0 Å². The highest BCUT2D eigenvalue weighted by atomic mass is 32.3. The number of benzene rings is 2. The molecule has 0 spiro atoms. The summed E-state index contributed by atoms with van der Waals surface area (Å²) in [6, 6.07) is 18.3. The van der Waals surface area contributed by atoms with Gasteiger partial charge in [0.05, 0.1) is 0 Å². The van der Waals surface area contributed by atoms with Crippen LogP contribution in [-0.2, 0) is 10.1 Å². The topological polar surface area (TPSA) is 43.1 Å². The maximum Gasteiger partial charge on any atom is 0.0311 e. The Bertz CT molecular complexity index is 438. The van der Waals surface area contributed by atoms with E-state index < -0.39 is 10.1 Å². The number of rotatable bonds is 2. The summed E-state index contributed by atoms with van der Waals surface area (Å²) in [6.45, 7) is 0. The van der Waals surface area contributed by atoms with Gasteiger partial charge in [0.15, 0.2) is 0 Å². The van der Waals surface area contributed by atoms with Crippen molar-refractivity contribution in [3.8, 4) is 0 Å². The Morgan fingerprint density at radius 3 is 1.40 bits per heavy atom. The predicted molar refractivity (Wildman–Crippen MR) is 63.1 cm³/mol. The molecule has 0 atom stereocenters. The Kier molecular flexibility index (Phi) is 2.66. The Hall–Kier alpha value is -1.45. The molecule has 0 aliphatic heterocycles. The van der Waals surface area contributed by atoms with Crippen LogP contribution < -0.4 is 5.14 Å². The van der Waals surface area contributed by atoms with Gasteiger partial charge in [-0.05, 0) is 34.4 Å². The molecule has 2 nitrogen and oxygen atoms in total. The Labute approximate surface area is 90.3 Å². The van der Waals surface area contributed by atoms with Gasteiger partial charge in [0.25, 0.3) is 0 Å². The summed E-state index contributed by atoms with van der Waals surface area (Å²) >= 11 is 0. The van der Waals surface area contributed by atoms with Gasteiger partial charge in [0.2, 0.25) is 0 Å². The summed E-state index contributed by atoms with van der Waals surface area (Å²) in [5.41, 5.74) is 0. The second-order valence-electron chi connectivity index (χ2n) is 3.33. The maximum atomic E-state index is 12.4. The number of thiol groups is 1. The molecule has 0 aliphatic carbocycles. The summed E-state index contributed by atoms with van der Waals surface area (Å²) in [5.74, 6) is 0. The molecule has 0 saturated heterocycles. The van der Waals surface area contributed by atoms with Crippen molar-refractivity contribution < 1.29 is 4.21 Å². The number of hydrogen-bond donors (Lipinski definition) is 2. The van der Waals surface area contributed by atoms with Crippen molar-refractivity contribution in [2.45, 2.75) is 9.79 Å². The van der Waals surface area contributed by atoms with E-state index >= 15 is 0 Å². The van der Waals surface area contributed by atoms with Gasteiger partial charge in [-0.2, -0.15) is 0 Å². The molecule has 0 aromatic heterocycles. The van der Waals surface area contributed by atoms with Crippen LogP contribution in [0.3, 0.4) is 0 Å². The lowest BCUT2D eigenvalue weighted by Crippen LogP contribution is -2.23. The number of hydrogen-bond acceptors (Lipinski definition) is 1. The molecule has 3 heteroatoms. The molecular weight excluding hydrogens is 206 g/mol. The van der Waals surface area contributed by atoms with Crippen LogP contribution in [0, 0.1) is 0 Å². The molecular formula is C12H13NOS. The van der Waals surface area contributed by atoms with E-state index in [1.54, 1.807) is 24.3 Å². The summed E-state index contributed by atoms with van der Waals surface area (Å²) in [5, 5.41) is 5.91. The summed E-state index contributed by atoms with van der Waals surface area (Å²) in [6.07, 6.45) is 0. The average molecular weight is 219 g/mol. The van der Waals surface area contributed by atoms with Gasteiger partial charge in [-0.25, -0.2) is 0 Å². The quantitative estimate of drug-likeness (QED) is 0.745. The fourth-order valence-corrected chi connectivity index (χ4v) is 2.98. The normalized spacial score (nSPS) is 12.3. The molecule has 2 N–H and O–H groups in total. The lowest BCUT2D eigenvalue weighted by molar-refractivity contribution is 0.671. The molecule has 2 aromatic rings. The van der Waals surface area contributed by atoms with E-state index in [4.69, 9.17) is 5.14 Å². The average Bonchev–Trinajstić information content (AvgIpc) is 2.31. The molecule has 0 fully saturated rings. The molecule has 0 radical (unpaired) electrons. The van der Waals surface area contributed by atoms with E-state index in [0.29, 0.717) is 9.79 Å². The SMILES string of the molecule is N[SH](=O)(c1ccccc1)c1ccccc1. The second kappa shape index (κ2) is 3.96. The summed E-state index contributed by atoms with van der Waals surface area (Å²) in [4.78, 5) is 1.38. The minimum absolute atomic E-state index is 0.691. The van der Waals surface area contributed by atoms with Crippen LogP contribution in [0.25, 0.3) is 0 Å². The third-order valence-corrected chi connectivity index (χ3v) is 4.41. The standard InChI is InChI=1S/C12H13NOS/c13-15(14,11-7-3-1-4-8-11)12-9-5-2-6-10-12/h1-10,15H,(H2,13,14). The van der Waals surface area contributed by atoms with Crippen LogP contribution in [0.2, 0.25) is 0 Å². The zero-order valence-electron chi connectivity index (χ0n) is 8.21. The van der Waals surface area contributed by atoms with Crippen molar-refractivity contribution in [1.29, 1.82) is 0 Å². The first kappa shape index (κ1) is 10.1. The van der Waals surface area contributed by atoms with Crippen LogP contribution in [0.4, 0.5) is 0 Å². The lowest BCUT2D eigenvalue weighted by atomic mass is 10.4. The van der Waals surface area contributed by atoms with Gasteiger partial charge in [0, 0.05) is 9.79 Å². The van der Waals surface area contributed by atoms with E-state index in [2.05, 4.69) is 0 Å². The Morgan fingerprint density at radius 1 is 0.733 bits per heavy atom. The van der Waals surface area contributed by atoms with Crippen LogP contribution in [0.1, 0.15) is 0 Å². The van der Waals surface area contributed by atoms with Crippen molar-refractivity contribution in [2.24, 2.45) is 5.14 Å². The zero-order chi connectivity index (χ0) is 10.7. The van der Waals surface area contributed by atoms with E-state index in [-0.39, 0.29) is 0 Å². The molecule has 0 amide bonds. The van der Waals surface area contributed by atoms with Crippen molar-refractivity contribution >= 4 is 10.1 Å². The minimum Gasteiger partial charge on any atom is -0.267 e. The van der Waals surface area contributed by atoms with Gasteiger partial charge in [-0.1, -0.05) is 36.4 Å². The molecule has 15 heavy (non-hydrogen) atoms. The third kappa shape index (κ3) is 1.98. The van der Waals surface area contributed by atoms with Crippen molar-refractivity contribution in [3.05, 3.63) is 60.7 Å². The predicted octanol–water partition coefficient (Wildman–Crippen LogP) is 2.00. The fraction of sp³-hybridized carbons (Fsp3) is 0. The molecule has 2 aromatic carbocycles. The summed E-state index contributed by atoms with van der Waals surface area (Å²) < 4.78 is 12.4. The van der Waals surface area contributed by atoms with E-state index in [1.165, 1.54) is 0 Å². The Balaban J connectivity index is 2.50. The van der Waals surface area contributed by atoms with Crippen LogP contribution in [-0.4, -0.2) is 4.21 Å². The van der Waals surface area contributed by atoms with Gasteiger partial charge >= 0.3 is 0 Å². The molecule has 2 rings (SSSR count). The lowest BCUT2D eigenvalue weighted by Gasteiger charge is -2.19. The second-order valence-corrected chi connectivity index (χ2v) is 5.68. The highest BCUT2D eigenvalue weighted by Gasteiger charge is 2.13. The van der Waals surface area contributed by atoms with Gasteiger partial charge in [0.1, 0.15) is 0 Å². The first-order valence-electron chi connectivity index (χ1n) is 4.71. The molecule has 0 aliphatic rings. The molecule has 0 unspecified atom stereocenters. The van der Waals surface area contributed by atoms with Gasteiger partial charge in [-0.15, -0.1) is 0 Å². The molecule has 78 valence electrons. The first-order valence-corrected chi connectivity index (χ1v) is 6.49. The first-order chi connectivity index (χ1) is 7.21. The highest BCUT2D eigenvalue weighted by molar-refractivity contribution is 8.01. The van der Waals surface area contributed by atoms with Crippen molar-refractivity contribution in [2.75, 3.05) is 0 Å². The monoisotopic (exact) mass is 219 g/mol. The van der Waals surface area contributed by atoms with Crippen LogP contribution in [0.5, 0.6) is 0 Å². The number of nitrogens with two attached hydrogens (primary N) is 1. The fourth-order valence-electron chi connectivity index (χ4n) is 1.45. The molecule has 0 bridgehead atoms. The minimum atomic E-state index is -2.90. The van der Waals surface area contributed by atoms with Gasteiger partial charge < -0.3 is 0 Å². The van der Waals surface area contributed by atoms with Crippen LogP contribution in [0.15, 0.2) is 70.5 Å². The molecule has 0 heterocycles. The molecule has 0 saturated carbocycles. The third-order valence-electron chi connectivity index (χ3n) is 2.28.